The van der Waals surface area contributed by atoms with E-state index in [4.69, 9.17) is 0 Å². The van der Waals surface area contributed by atoms with Crippen molar-refractivity contribution in [3.05, 3.63) is 36.0 Å². The van der Waals surface area contributed by atoms with Gasteiger partial charge in [-0.3, -0.25) is 0 Å². The van der Waals surface area contributed by atoms with E-state index in [0.717, 1.165) is 42.7 Å². The largest absolute Gasteiger partial charge is 0.316 e. The average Bonchev–Trinajstić information content (AvgIpc) is 2.39. The van der Waals surface area contributed by atoms with E-state index in [0.29, 0.717) is 5.92 Å². The van der Waals surface area contributed by atoms with Crippen LogP contribution in [0.3, 0.4) is 0 Å². The van der Waals surface area contributed by atoms with Gasteiger partial charge >= 0.3 is 0 Å². The minimum Gasteiger partial charge on any atom is -0.316 e. The zero-order valence-corrected chi connectivity index (χ0v) is 9.49. The molecule has 3 nitrogen and oxygen atoms in total. The molecule has 0 saturated carbocycles. The molecule has 0 amide bonds. The van der Waals surface area contributed by atoms with E-state index in [1.165, 1.54) is 12.1 Å². The maximum atomic E-state index is 13.0. The van der Waals surface area contributed by atoms with E-state index in [2.05, 4.69) is 15.3 Å². The topological polar surface area (TPSA) is 37.8 Å². The lowest BCUT2D eigenvalue weighted by Crippen LogP contribution is -2.29. The SMILES string of the molecule is Fc1ccc2nc(C3CCCNC3)ncc2c1. The van der Waals surface area contributed by atoms with Crippen molar-refractivity contribution in [3.63, 3.8) is 0 Å². The second-order valence-electron chi connectivity index (χ2n) is 4.47. The molecule has 2 heterocycles. The fraction of sp³-hybridized carbons (Fsp3) is 0.385. The first-order valence-electron chi connectivity index (χ1n) is 5.96. The summed E-state index contributed by atoms with van der Waals surface area (Å²) in [5.41, 5.74) is 0.821. The third kappa shape index (κ3) is 2.13. The van der Waals surface area contributed by atoms with Crippen molar-refractivity contribution in [2.45, 2.75) is 18.8 Å². The third-order valence-corrected chi connectivity index (χ3v) is 3.22. The molecule has 0 bridgehead atoms. The summed E-state index contributed by atoms with van der Waals surface area (Å²) in [4.78, 5) is 8.88. The van der Waals surface area contributed by atoms with E-state index >= 15 is 0 Å². The van der Waals surface area contributed by atoms with Crippen LogP contribution >= 0.6 is 0 Å². The Balaban J connectivity index is 1.98. The second kappa shape index (κ2) is 4.37. The predicted molar refractivity (Wildman–Crippen MR) is 64.3 cm³/mol. The molecule has 1 aliphatic heterocycles. The molecule has 1 atom stereocenters. The zero-order chi connectivity index (χ0) is 11.7. The van der Waals surface area contributed by atoms with Crippen LogP contribution in [0, 0.1) is 5.82 Å². The standard InChI is InChI=1S/C13H14FN3/c14-11-3-4-12-10(6-11)8-16-13(17-12)9-2-1-5-15-7-9/h3-4,6,8-9,15H,1-2,5,7H2. The fourth-order valence-corrected chi connectivity index (χ4v) is 2.29. The van der Waals surface area contributed by atoms with Crippen molar-refractivity contribution in [2.75, 3.05) is 13.1 Å². The monoisotopic (exact) mass is 231 g/mol. The Labute approximate surface area is 99.1 Å². The van der Waals surface area contributed by atoms with Crippen molar-refractivity contribution in [2.24, 2.45) is 0 Å². The highest BCUT2D eigenvalue weighted by Gasteiger charge is 2.17. The van der Waals surface area contributed by atoms with Crippen LogP contribution in [0.15, 0.2) is 24.4 Å². The van der Waals surface area contributed by atoms with Crippen LogP contribution in [0.4, 0.5) is 4.39 Å². The summed E-state index contributed by atoms with van der Waals surface area (Å²) < 4.78 is 13.0. The Bertz CT molecular complexity index is 535. The molecule has 88 valence electrons. The highest BCUT2D eigenvalue weighted by Crippen LogP contribution is 2.21. The van der Waals surface area contributed by atoms with Crippen LogP contribution in [0.1, 0.15) is 24.6 Å². The summed E-state index contributed by atoms with van der Waals surface area (Å²) in [6, 6.07) is 4.63. The molecule has 3 rings (SSSR count). The molecule has 1 saturated heterocycles. The first-order chi connectivity index (χ1) is 8.33. The van der Waals surface area contributed by atoms with E-state index in [9.17, 15) is 4.39 Å². The van der Waals surface area contributed by atoms with Crippen LogP contribution < -0.4 is 5.32 Å². The molecular formula is C13H14FN3. The number of rotatable bonds is 1. The highest BCUT2D eigenvalue weighted by atomic mass is 19.1. The number of piperidine rings is 1. The first-order valence-corrected chi connectivity index (χ1v) is 5.96. The van der Waals surface area contributed by atoms with Gasteiger partial charge in [0, 0.05) is 24.0 Å². The molecule has 0 aliphatic carbocycles. The number of hydrogen-bond acceptors (Lipinski definition) is 3. The van der Waals surface area contributed by atoms with E-state index in [1.54, 1.807) is 12.3 Å². The average molecular weight is 231 g/mol. The molecule has 17 heavy (non-hydrogen) atoms. The Kier molecular flexibility index (Phi) is 2.73. The van der Waals surface area contributed by atoms with Gasteiger partial charge in [-0.05, 0) is 37.6 Å². The van der Waals surface area contributed by atoms with Crippen molar-refractivity contribution in [3.8, 4) is 0 Å². The molecular weight excluding hydrogens is 217 g/mol. The molecule has 1 fully saturated rings. The summed E-state index contributed by atoms with van der Waals surface area (Å²) in [5, 5.41) is 4.11. The van der Waals surface area contributed by atoms with Gasteiger partial charge in [-0.1, -0.05) is 0 Å². The molecule has 1 aromatic carbocycles. The molecule has 0 radical (unpaired) electrons. The fourth-order valence-electron chi connectivity index (χ4n) is 2.29. The molecule has 1 aromatic heterocycles. The van der Waals surface area contributed by atoms with Crippen molar-refractivity contribution in [1.29, 1.82) is 0 Å². The molecule has 1 unspecified atom stereocenters. The lowest BCUT2D eigenvalue weighted by atomic mass is 9.99. The summed E-state index contributed by atoms with van der Waals surface area (Å²) in [6.07, 6.45) is 4.00. The van der Waals surface area contributed by atoms with Crippen LogP contribution in [-0.2, 0) is 0 Å². The smallest absolute Gasteiger partial charge is 0.133 e. The number of halogens is 1. The number of benzene rings is 1. The van der Waals surface area contributed by atoms with Gasteiger partial charge in [-0.25, -0.2) is 14.4 Å². The maximum absolute atomic E-state index is 13.0. The molecule has 2 aromatic rings. The van der Waals surface area contributed by atoms with Crippen molar-refractivity contribution >= 4 is 10.9 Å². The van der Waals surface area contributed by atoms with Gasteiger partial charge in [-0.15, -0.1) is 0 Å². The summed E-state index contributed by atoms with van der Waals surface area (Å²) in [5.74, 6) is 1.02. The van der Waals surface area contributed by atoms with Gasteiger partial charge in [0.1, 0.15) is 11.6 Å². The van der Waals surface area contributed by atoms with E-state index < -0.39 is 0 Å². The van der Waals surface area contributed by atoms with Gasteiger partial charge in [-0.2, -0.15) is 0 Å². The van der Waals surface area contributed by atoms with E-state index in [-0.39, 0.29) is 5.82 Å². The molecule has 1 aliphatic rings. The number of hydrogen-bond donors (Lipinski definition) is 1. The van der Waals surface area contributed by atoms with Gasteiger partial charge in [0.05, 0.1) is 5.52 Å². The van der Waals surface area contributed by atoms with Gasteiger partial charge < -0.3 is 5.32 Å². The van der Waals surface area contributed by atoms with Gasteiger partial charge in [0.15, 0.2) is 0 Å². The first kappa shape index (κ1) is 10.6. The normalized spacial score (nSPS) is 20.6. The quantitative estimate of drug-likeness (QED) is 0.818. The van der Waals surface area contributed by atoms with Crippen molar-refractivity contribution < 1.29 is 4.39 Å². The molecule has 0 spiro atoms. The van der Waals surface area contributed by atoms with Crippen LogP contribution in [0.25, 0.3) is 10.9 Å². The van der Waals surface area contributed by atoms with E-state index in [1.807, 2.05) is 0 Å². The summed E-state index contributed by atoms with van der Waals surface area (Å²) in [6.45, 7) is 2.02. The minimum absolute atomic E-state index is 0.242. The van der Waals surface area contributed by atoms with Crippen LogP contribution in [-0.4, -0.2) is 23.1 Å². The second-order valence-corrected chi connectivity index (χ2v) is 4.47. The maximum Gasteiger partial charge on any atom is 0.133 e. The Hall–Kier alpha value is -1.55. The predicted octanol–water partition coefficient (Wildman–Crippen LogP) is 2.24. The Morgan fingerprint density at radius 3 is 3.12 bits per heavy atom. The highest BCUT2D eigenvalue weighted by molar-refractivity contribution is 5.77. The number of fused-ring (bicyclic) bond motifs is 1. The van der Waals surface area contributed by atoms with Crippen LogP contribution in [0.2, 0.25) is 0 Å². The summed E-state index contributed by atoms with van der Waals surface area (Å²) in [7, 11) is 0. The van der Waals surface area contributed by atoms with Crippen LogP contribution in [0.5, 0.6) is 0 Å². The number of nitrogens with zero attached hydrogens (tertiary/aromatic N) is 2. The lowest BCUT2D eigenvalue weighted by Gasteiger charge is -2.21. The zero-order valence-electron chi connectivity index (χ0n) is 9.49. The molecule has 4 heteroatoms. The number of aromatic nitrogens is 2. The van der Waals surface area contributed by atoms with Crippen molar-refractivity contribution in [1.82, 2.24) is 15.3 Å². The molecule has 1 N–H and O–H groups in total. The Morgan fingerprint density at radius 2 is 2.29 bits per heavy atom. The lowest BCUT2D eigenvalue weighted by molar-refractivity contribution is 0.447. The van der Waals surface area contributed by atoms with Gasteiger partial charge in [0.2, 0.25) is 0 Å². The number of nitrogens with one attached hydrogen (secondary N) is 1. The van der Waals surface area contributed by atoms with Gasteiger partial charge in [0.25, 0.3) is 0 Å². The Morgan fingerprint density at radius 1 is 1.35 bits per heavy atom. The third-order valence-electron chi connectivity index (χ3n) is 3.22. The minimum atomic E-state index is -0.242. The summed E-state index contributed by atoms with van der Waals surface area (Å²) >= 11 is 0.